The summed E-state index contributed by atoms with van der Waals surface area (Å²) in [5, 5.41) is 5.51. The van der Waals surface area contributed by atoms with E-state index in [0.29, 0.717) is 30.8 Å². The summed E-state index contributed by atoms with van der Waals surface area (Å²) in [6, 6.07) is 6.51. The van der Waals surface area contributed by atoms with Crippen LogP contribution < -0.4 is 4.74 Å². The SMILES string of the molecule is CC1(Oc2ccc(F)cc2)CN(C(=O)N2N=CCC2c2cncc(F)c2)C1. The molecule has 4 rings (SSSR count). The van der Waals surface area contributed by atoms with Gasteiger partial charge in [0.05, 0.1) is 25.3 Å². The Morgan fingerprint density at radius 3 is 2.63 bits per heavy atom. The Morgan fingerprint density at radius 2 is 1.93 bits per heavy atom. The minimum atomic E-state index is -0.549. The van der Waals surface area contributed by atoms with Gasteiger partial charge in [-0.2, -0.15) is 5.10 Å². The minimum absolute atomic E-state index is 0.266. The zero-order valence-electron chi connectivity index (χ0n) is 14.7. The van der Waals surface area contributed by atoms with Crippen molar-refractivity contribution in [3.63, 3.8) is 0 Å². The van der Waals surface area contributed by atoms with Crippen LogP contribution in [0.2, 0.25) is 0 Å². The van der Waals surface area contributed by atoms with Crippen molar-refractivity contribution in [1.29, 1.82) is 0 Å². The van der Waals surface area contributed by atoms with Gasteiger partial charge in [-0.1, -0.05) is 0 Å². The molecule has 1 fully saturated rings. The fraction of sp³-hybridized carbons (Fsp3) is 0.316. The van der Waals surface area contributed by atoms with Crippen molar-refractivity contribution in [3.8, 4) is 5.75 Å². The first kappa shape index (κ1) is 17.4. The molecule has 8 heteroatoms. The van der Waals surface area contributed by atoms with E-state index in [0.717, 1.165) is 6.20 Å². The van der Waals surface area contributed by atoms with Crippen molar-refractivity contribution < 1.29 is 18.3 Å². The Labute approximate surface area is 155 Å². The predicted molar refractivity (Wildman–Crippen MR) is 94.3 cm³/mol. The lowest BCUT2D eigenvalue weighted by Gasteiger charge is -2.48. The van der Waals surface area contributed by atoms with Crippen LogP contribution in [0, 0.1) is 11.6 Å². The number of carbonyl (C=O) groups excluding carboxylic acids is 1. The zero-order valence-corrected chi connectivity index (χ0v) is 14.7. The third-order valence-electron chi connectivity index (χ3n) is 4.64. The summed E-state index contributed by atoms with van der Waals surface area (Å²) < 4.78 is 32.3. The van der Waals surface area contributed by atoms with Gasteiger partial charge in [-0.15, -0.1) is 0 Å². The van der Waals surface area contributed by atoms with Crippen molar-refractivity contribution in [2.24, 2.45) is 5.10 Å². The number of carbonyl (C=O) groups is 1. The van der Waals surface area contributed by atoms with Crippen LogP contribution >= 0.6 is 0 Å². The number of aromatic nitrogens is 1. The Bertz CT molecular complexity index is 882. The minimum Gasteiger partial charge on any atom is -0.484 e. The maximum Gasteiger partial charge on any atom is 0.341 e. The van der Waals surface area contributed by atoms with E-state index in [1.807, 2.05) is 6.92 Å². The van der Waals surface area contributed by atoms with Gasteiger partial charge >= 0.3 is 6.03 Å². The Balaban J connectivity index is 1.40. The van der Waals surface area contributed by atoms with Crippen LogP contribution in [0.4, 0.5) is 13.6 Å². The smallest absolute Gasteiger partial charge is 0.341 e. The Morgan fingerprint density at radius 1 is 1.19 bits per heavy atom. The van der Waals surface area contributed by atoms with Crippen molar-refractivity contribution in [3.05, 3.63) is 59.9 Å². The number of amides is 2. The monoisotopic (exact) mass is 372 g/mol. The molecule has 3 heterocycles. The third-order valence-corrected chi connectivity index (χ3v) is 4.64. The van der Waals surface area contributed by atoms with Gasteiger partial charge in [-0.25, -0.2) is 18.6 Å². The first-order valence-electron chi connectivity index (χ1n) is 8.59. The molecular formula is C19H18F2N4O2. The van der Waals surface area contributed by atoms with Gasteiger partial charge in [0, 0.05) is 18.8 Å². The summed E-state index contributed by atoms with van der Waals surface area (Å²) in [5.41, 5.74) is 0.0546. The van der Waals surface area contributed by atoms with Gasteiger partial charge in [0.2, 0.25) is 0 Å². The Hall–Kier alpha value is -3.03. The lowest BCUT2D eigenvalue weighted by molar-refractivity contribution is -0.0482. The highest BCUT2D eigenvalue weighted by Gasteiger charge is 2.46. The second-order valence-corrected chi connectivity index (χ2v) is 6.98. The van der Waals surface area contributed by atoms with E-state index >= 15 is 0 Å². The first-order chi connectivity index (χ1) is 12.9. The largest absolute Gasteiger partial charge is 0.484 e. The fourth-order valence-electron chi connectivity index (χ4n) is 3.38. The van der Waals surface area contributed by atoms with Crippen molar-refractivity contribution in [1.82, 2.24) is 14.9 Å². The van der Waals surface area contributed by atoms with Crippen LogP contribution in [0.5, 0.6) is 5.75 Å². The summed E-state index contributed by atoms with van der Waals surface area (Å²) >= 11 is 0. The fourth-order valence-corrected chi connectivity index (χ4v) is 3.38. The summed E-state index contributed by atoms with van der Waals surface area (Å²) in [6.07, 6.45) is 4.81. The molecule has 27 heavy (non-hydrogen) atoms. The zero-order chi connectivity index (χ0) is 19.0. The van der Waals surface area contributed by atoms with Gasteiger partial charge in [0.15, 0.2) is 0 Å². The van der Waals surface area contributed by atoms with Crippen LogP contribution in [-0.4, -0.2) is 45.8 Å². The number of nitrogens with zero attached hydrogens (tertiary/aromatic N) is 4. The molecule has 0 spiro atoms. The van der Waals surface area contributed by atoms with Crippen molar-refractivity contribution >= 4 is 12.2 Å². The number of rotatable bonds is 3. The van der Waals surface area contributed by atoms with E-state index in [2.05, 4.69) is 10.1 Å². The molecule has 1 unspecified atom stereocenters. The average Bonchev–Trinajstić information content (AvgIpc) is 3.11. The normalized spacial score (nSPS) is 20.5. The maximum atomic E-state index is 13.5. The summed E-state index contributed by atoms with van der Waals surface area (Å²) in [4.78, 5) is 18.3. The van der Waals surface area contributed by atoms with E-state index in [1.54, 1.807) is 29.4 Å². The molecule has 0 saturated carbocycles. The van der Waals surface area contributed by atoms with Crippen molar-refractivity contribution in [2.45, 2.75) is 25.0 Å². The van der Waals surface area contributed by atoms with Gasteiger partial charge < -0.3 is 9.64 Å². The van der Waals surface area contributed by atoms with Gasteiger partial charge in [-0.05, 0) is 42.8 Å². The van der Waals surface area contributed by atoms with Crippen LogP contribution in [-0.2, 0) is 0 Å². The molecular weight excluding hydrogens is 354 g/mol. The predicted octanol–water partition coefficient (Wildman–Crippen LogP) is 3.37. The molecule has 6 nitrogen and oxygen atoms in total. The quantitative estimate of drug-likeness (QED) is 0.830. The van der Waals surface area contributed by atoms with E-state index in [9.17, 15) is 13.6 Å². The topological polar surface area (TPSA) is 58.0 Å². The molecule has 2 aromatic rings. The highest BCUT2D eigenvalue weighted by molar-refractivity contribution is 5.79. The number of likely N-dealkylation sites (tertiary alicyclic amines) is 1. The Kier molecular flexibility index (Phi) is 4.25. The first-order valence-corrected chi connectivity index (χ1v) is 8.59. The number of halogens is 2. The number of ether oxygens (including phenoxy) is 1. The second kappa shape index (κ2) is 6.61. The number of hydrogen-bond acceptors (Lipinski definition) is 4. The molecule has 0 N–H and O–H groups in total. The molecule has 1 saturated heterocycles. The van der Waals surface area contributed by atoms with Crippen LogP contribution in [0.3, 0.4) is 0 Å². The number of urea groups is 1. The summed E-state index contributed by atoms with van der Waals surface area (Å²) in [5.74, 6) is -0.229. The average molecular weight is 372 g/mol. The standard InChI is InChI=1S/C19H18F2N4O2/c1-19(27-16-4-2-14(20)3-5-16)11-24(12-19)18(26)25-17(6-7-23-25)13-8-15(21)10-22-9-13/h2-5,7-10,17H,6,11-12H2,1H3. The number of hydrogen-bond donors (Lipinski definition) is 0. The molecule has 140 valence electrons. The number of hydrazone groups is 1. The highest BCUT2D eigenvalue weighted by atomic mass is 19.1. The lowest BCUT2D eigenvalue weighted by Crippen LogP contribution is -2.66. The summed E-state index contributed by atoms with van der Waals surface area (Å²) in [7, 11) is 0. The summed E-state index contributed by atoms with van der Waals surface area (Å²) in [6.45, 7) is 2.65. The van der Waals surface area contributed by atoms with Crippen molar-refractivity contribution in [2.75, 3.05) is 13.1 Å². The third kappa shape index (κ3) is 3.47. The van der Waals surface area contributed by atoms with E-state index in [1.165, 1.54) is 23.2 Å². The highest BCUT2D eigenvalue weighted by Crippen LogP contribution is 2.33. The number of pyridine rings is 1. The molecule has 1 aromatic heterocycles. The number of benzene rings is 1. The van der Waals surface area contributed by atoms with E-state index in [4.69, 9.17) is 4.74 Å². The van der Waals surface area contributed by atoms with E-state index < -0.39 is 11.4 Å². The molecule has 2 aliphatic rings. The molecule has 0 radical (unpaired) electrons. The molecule has 2 amide bonds. The molecule has 0 bridgehead atoms. The van der Waals surface area contributed by atoms with Gasteiger partial charge in [0.25, 0.3) is 0 Å². The van der Waals surface area contributed by atoms with E-state index in [-0.39, 0.29) is 17.9 Å². The molecule has 1 aromatic carbocycles. The second-order valence-electron chi connectivity index (χ2n) is 6.98. The van der Waals surface area contributed by atoms with Crippen LogP contribution in [0.25, 0.3) is 0 Å². The molecule has 2 aliphatic heterocycles. The lowest BCUT2D eigenvalue weighted by atomic mass is 9.96. The van der Waals surface area contributed by atoms with Gasteiger partial charge in [-0.3, -0.25) is 4.98 Å². The maximum absolute atomic E-state index is 13.5. The molecule has 1 atom stereocenters. The van der Waals surface area contributed by atoms with Crippen LogP contribution in [0.1, 0.15) is 24.9 Å². The van der Waals surface area contributed by atoms with Crippen LogP contribution in [0.15, 0.2) is 47.8 Å². The molecule has 0 aliphatic carbocycles. The van der Waals surface area contributed by atoms with Gasteiger partial charge in [0.1, 0.15) is 23.0 Å².